The first kappa shape index (κ1) is 13.7. The van der Waals surface area contributed by atoms with Crippen LogP contribution in [-0.4, -0.2) is 9.55 Å². The molecule has 20 heavy (non-hydrogen) atoms. The van der Waals surface area contributed by atoms with Gasteiger partial charge in [-0.25, -0.2) is 9.37 Å². The third-order valence-electron chi connectivity index (χ3n) is 2.92. The molecule has 0 radical (unpaired) electrons. The van der Waals surface area contributed by atoms with Crippen LogP contribution in [0.15, 0.2) is 34.8 Å². The van der Waals surface area contributed by atoms with E-state index in [9.17, 15) is 4.39 Å². The van der Waals surface area contributed by atoms with Gasteiger partial charge in [-0.2, -0.15) is 0 Å². The Morgan fingerprint density at radius 1 is 1.15 bits per heavy atom. The minimum absolute atomic E-state index is 0.144. The molecule has 0 unspecified atom stereocenters. The maximum Gasteiger partial charge on any atom is 0.206 e. The van der Waals surface area contributed by atoms with E-state index in [0.29, 0.717) is 25.7 Å². The number of hydrogen-bond acceptors (Lipinski definition) is 2. The molecule has 2 aromatic carbocycles. The monoisotopic (exact) mass is 373 g/mol. The lowest BCUT2D eigenvalue weighted by molar-refractivity contribution is 0.637. The van der Waals surface area contributed by atoms with Crippen molar-refractivity contribution in [1.82, 2.24) is 9.55 Å². The molecule has 0 saturated carbocycles. The molecule has 7 heteroatoms. The van der Waals surface area contributed by atoms with Crippen molar-refractivity contribution in [3.8, 4) is 5.69 Å². The van der Waals surface area contributed by atoms with Crippen LogP contribution in [0.2, 0.25) is 10.0 Å². The molecule has 0 amide bonds. The van der Waals surface area contributed by atoms with Crippen LogP contribution in [0.1, 0.15) is 0 Å². The second kappa shape index (κ2) is 4.91. The average Bonchev–Trinajstić information content (AvgIpc) is 2.75. The smallest absolute Gasteiger partial charge is 0.206 e. The molecule has 0 saturated heterocycles. The van der Waals surface area contributed by atoms with Crippen molar-refractivity contribution in [3.63, 3.8) is 0 Å². The Hall–Kier alpha value is -1.30. The highest BCUT2D eigenvalue weighted by atomic mass is 79.9. The molecular weight excluding hydrogens is 368 g/mol. The minimum atomic E-state index is -0.438. The van der Waals surface area contributed by atoms with Crippen LogP contribution in [0.3, 0.4) is 0 Å². The van der Waals surface area contributed by atoms with Gasteiger partial charge in [0.25, 0.3) is 0 Å². The zero-order chi connectivity index (χ0) is 14.4. The summed E-state index contributed by atoms with van der Waals surface area (Å²) < 4.78 is 16.0. The molecule has 2 N–H and O–H groups in total. The standard InChI is InChI=1S/C13H7BrCl2FN3/c14-6-4-5-8(11(16)10(6)15)20-9-3-1-2-7(17)12(9)19-13(20)18/h1-5H,(H2,18,19). The minimum Gasteiger partial charge on any atom is -0.369 e. The third kappa shape index (κ3) is 1.97. The maximum atomic E-state index is 13.7. The van der Waals surface area contributed by atoms with E-state index in [0.717, 1.165) is 0 Å². The van der Waals surface area contributed by atoms with Crippen molar-refractivity contribution in [3.05, 3.63) is 50.7 Å². The van der Waals surface area contributed by atoms with Crippen molar-refractivity contribution in [1.29, 1.82) is 0 Å². The number of anilines is 1. The van der Waals surface area contributed by atoms with E-state index in [4.69, 9.17) is 28.9 Å². The van der Waals surface area contributed by atoms with Crippen LogP contribution >= 0.6 is 39.1 Å². The number of benzene rings is 2. The van der Waals surface area contributed by atoms with E-state index in [2.05, 4.69) is 20.9 Å². The van der Waals surface area contributed by atoms with Gasteiger partial charge in [-0.3, -0.25) is 4.57 Å². The van der Waals surface area contributed by atoms with E-state index in [-0.39, 0.29) is 11.5 Å². The van der Waals surface area contributed by atoms with E-state index < -0.39 is 5.82 Å². The van der Waals surface area contributed by atoms with Crippen LogP contribution in [0.5, 0.6) is 0 Å². The fourth-order valence-corrected chi connectivity index (χ4v) is 2.88. The zero-order valence-corrected chi connectivity index (χ0v) is 13.0. The van der Waals surface area contributed by atoms with Crippen LogP contribution in [0.25, 0.3) is 16.7 Å². The number of rotatable bonds is 1. The summed E-state index contributed by atoms with van der Waals surface area (Å²) in [5, 5.41) is 0.679. The Morgan fingerprint density at radius 3 is 2.65 bits per heavy atom. The molecule has 3 aromatic rings. The lowest BCUT2D eigenvalue weighted by atomic mass is 10.2. The number of nitrogen functional groups attached to an aromatic ring is 1. The van der Waals surface area contributed by atoms with Gasteiger partial charge in [0.15, 0.2) is 5.82 Å². The molecule has 1 aromatic heterocycles. The summed E-state index contributed by atoms with van der Waals surface area (Å²) in [4.78, 5) is 4.03. The van der Waals surface area contributed by atoms with Gasteiger partial charge >= 0.3 is 0 Å². The largest absolute Gasteiger partial charge is 0.369 e. The molecule has 3 nitrogen and oxygen atoms in total. The van der Waals surface area contributed by atoms with Gasteiger partial charge in [0.2, 0.25) is 5.95 Å². The highest BCUT2D eigenvalue weighted by molar-refractivity contribution is 9.10. The first-order valence-electron chi connectivity index (χ1n) is 5.57. The topological polar surface area (TPSA) is 43.8 Å². The number of nitrogens with two attached hydrogens (primary N) is 1. The Kier molecular flexibility index (Phi) is 3.36. The lowest BCUT2D eigenvalue weighted by Crippen LogP contribution is -2.01. The number of para-hydroxylation sites is 1. The number of fused-ring (bicyclic) bond motifs is 1. The molecule has 0 atom stereocenters. The second-order valence-electron chi connectivity index (χ2n) is 4.11. The van der Waals surface area contributed by atoms with Gasteiger partial charge in [0.05, 0.1) is 21.2 Å². The fraction of sp³-hybridized carbons (Fsp3) is 0. The normalized spacial score (nSPS) is 11.2. The van der Waals surface area contributed by atoms with Crippen molar-refractivity contribution in [2.24, 2.45) is 0 Å². The molecule has 102 valence electrons. The molecule has 0 aliphatic carbocycles. The highest BCUT2D eigenvalue weighted by Gasteiger charge is 2.17. The number of nitrogens with zero attached hydrogens (tertiary/aromatic N) is 2. The first-order valence-corrected chi connectivity index (χ1v) is 7.12. The molecule has 0 aliphatic rings. The average molecular weight is 375 g/mol. The van der Waals surface area contributed by atoms with Crippen LogP contribution in [0.4, 0.5) is 10.3 Å². The highest BCUT2D eigenvalue weighted by Crippen LogP contribution is 2.37. The summed E-state index contributed by atoms with van der Waals surface area (Å²) in [5.74, 6) is -0.294. The second-order valence-corrected chi connectivity index (χ2v) is 5.72. The maximum absolute atomic E-state index is 13.7. The molecule has 0 fully saturated rings. The van der Waals surface area contributed by atoms with Crippen LogP contribution < -0.4 is 5.73 Å². The number of aromatic nitrogens is 2. The van der Waals surface area contributed by atoms with Gasteiger partial charge in [-0.05, 0) is 40.2 Å². The van der Waals surface area contributed by atoms with Gasteiger partial charge < -0.3 is 5.73 Å². The van der Waals surface area contributed by atoms with E-state index in [1.807, 2.05) is 0 Å². The predicted molar refractivity (Wildman–Crippen MR) is 83.2 cm³/mol. The molecule has 0 aliphatic heterocycles. The van der Waals surface area contributed by atoms with Crippen molar-refractivity contribution in [2.45, 2.75) is 0 Å². The number of imidazole rings is 1. The Balaban J connectivity index is 2.39. The quantitative estimate of drug-likeness (QED) is 0.620. The van der Waals surface area contributed by atoms with Gasteiger partial charge in [0, 0.05) is 4.47 Å². The molecule has 0 bridgehead atoms. The lowest BCUT2D eigenvalue weighted by Gasteiger charge is -2.10. The Morgan fingerprint density at radius 2 is 1.90 bits per heavy atom. The van der Waals surface area contributed by atoms with E-state index in [1.54, 1.807) is 28.8 Å². The summed E-state index contributed by atoms with van der Waals surface area (Å²) in [6, 6.07) is 8.11. The van der Waals surface area contributed by atoms with Gasteiger partial charge in [-0.15, -0.1) is 0 Å². The SMILES string of the molecule is Nc1nc2c(F)cccc2n1-c1ccc(Br)c(Cl)c1Cl. The van der Waals surface area contributed by atoms with Crippen molar-refractivity contribution in [2.75, 3.05) is 5.73 Å². The Labute approximate surface area is 132 Å². The zero-order valence-electron chi connectivity index (χ0n) is 9.87. The molecule has 3 rings (SSSR count). The predicted octanol–water partition coefficient (Wildman–Crippen LogP) is 4.82. The number of halogens is 4. The number of hydrogen-bond donors (Lipinski definition) is 1. The van der Waals surface area contributed by atoms with E-state index >= 15 is 0 Å². The van der Waals surface area contributed by atoms with Crippen LogP contribution in [-0.2, 0) is 0 Å². The molecule has 1 heterocycles. The summed E-state index contributed by atoms with van der Waals surface area (Å²) in [6.45, 7) is 0. The van der Waals surface area contributed by atoms with Crippen molar-refractivity contribution < 1.29 is 4.39 Å². The van der Waals surface area contributed by atoms with Gasteiger partial charge in [0.1, 0.15) is 5.52 Å². The summed E-state index contributed by atoms with van der Waals surface area (Å²) in [5.41, 5.74) is 7.15. The summed E-state index contributed by atoms with van der Waals surface area (Å²) in [6.07, 6.45) is 0. The van der Waals surface area contributed by atoms with Gasteiger partial charge in [-0.1, -0.05) is 29.3 Å². The first-order chi connectivity index (χ1) is 9.50. The molecule has 0 spiro atoms. The fourth-order valence-electron chi connectivity index (χ4n) is 2.02. The van der Waals surface area contributed by atoms with Crippen LogP contribution in [0, 0.1) is 5.82 Å². The third-order valence-corrected chi connectivity index (χ3v) is 4.68. The van der Waals surface area contributed by atoms with Crippen molar-refractivity contribution >= 4 is 56.1 Å². The molecular formula is C13H7BrCl2FN3. The van der Waals surface area contributed by atoms with E-state index in [1.165, 1.54) is 6.07 Å². The summed E-state index contributed by atoms with van der Waals surface area (Å²) >= 11 is 15.6. The summed E-state index contributed by atoms with van der Waals surface area (Å²) in [7, 11) is 0. The Bertz CT molecular complexity index is 832.